The molecule has 1 aliphatic carbocycles. The average molecular weight is 589 g/mol. The number of carbonyl (C=O) groups excluding carboxylic acids is 3. The van der Waals surface area contributed by atoms with E-state index in [-0.39, 0.29) is 28.9 Å². The minimum absolute atomic E-state index is 0.00509. The molecule has 3 N–H and O–H groups in total. The van der Waals surface area contributed by atoms with Crippen LogP contribution in [-0.2, 0) is 14.3 Å². The summed E-state index contributed by atoms with van der Waals surface area (Å²) < 4.78 is 5.50. The van der Waals surface area contributed by atoms with Crippen molar-refractivity contribution in [3.63, 3.8) is 0 Å². The Morgan fingerprint density at radius 3 is 2.17 bits per heavy atom. The van der Waals surface area contributed by atoms with Crippen LogP contribution in [0.1, 0.15) is 45.0 Å². The Bertz CT molecular complexity index is 1600. The molecule has 1 aliphatic rings. The molecule has 0 bridgehead atoms. The van der Waals surface area contributed by atoms with Gasteiger partial charge >= 0.3 is 12.1 Å². The van der Waals surface area contributed by atoms with E-state index < -0.39 is 30.4 Å². The maximum atomic E-state index is 13.2. The average Bonchev–Trinajstić information content (AvgIpc) is 3.48. The van der Waals surface area contributed by atoms with Crippen molar-refractivity contribution in [1.29, 1.82) is 0 Å². The zero-order valence-electron chi connectivity index (χ0n) is 21.8. The summed E-state index contributed by atoms with van der Waals surface area (Å²) in [5.74, 6) is -2.60. The fourth-order valence-corrected chi connectivity index (χ4v) is 6.00. The summed E-state index contributed by atoms with van der Waals surface area (Å²) in [5, 5.41) is 16.9. The monoisotopic (exact) mass is 588 g/mol. The molecule has 8 nitrogen and oxygen atoms in total. The van der Waals surface area contributed by atoms with Gasteiger partial charge < -0.3 is 20.5 Å². The van der Waals surface area contributed by atoms with E-state index in [1.807, 2.05) is 48.5 Å². The van der Waals surface area contributed by atoms with Gasteiger partial charge in [0, 0.05) is 16.5 Å². The molecule has 2 amide bonds. The van der Waals surface area contributed by atoms with Gasteiger partial charge in [-0.2, -0.15) is 0 Å². The molecular weight excluding hydrogens is 564 g/mol. The Morgan fingerprint density at radius 2 is 1.56 bits per heavy atom. The van der Waals surface area contributed by atoms with E-state index in [1.165, 1.54) is 0 Å². The van der Waals surface area contributed by atoms with Gasteiger partial charge in [0.15, 0.2) is 5.78 Å². The van der Waals surface area contributed by atoms with Gasteiger partial charge in [-0.3, -0.25) is 14.4 Å². The maximum Gasteiger partial charge on any atom is 0.407 e. The highest BCUT2D eigenvalue weighted by Crippen LogP contribution is 2.44. The van der Waals surface area contributed by atoms with E-state index >= 15 is 0 Å². The molecule has 41 heavy (non-hydrogen) atoms. The van der Waals surface area contributed by atoms with E-state index in [2.05, 4.69) is 10.6 Å². The highest BCUT2D eigenvalue weighted by molar-refractivity contribution is 7.15. The summed E-state index contributed by atoms with van der Waals surface area (Å²) in [6.07, 6.45) is -1.60. The fraction of sp³-hybridized carbons (Fsp3) is 0.161. The van der Waals surface area contributed by atoms with Crippen LogP contribution in [0, 0.1) is 6.92 Å². The molecule has 0 aliphatic heterocycles. The van der Waals surface area contributed by atoms with Gasteiger partial charge in [-0.25, -0.2) is 4.79 Å². The Hall–Kier alpha value is -4.47. The standard InChI is InChI=1S/C31H25ClN2O6S/c1-17-16-41-30(27(17)28(37)18-10-12-19(32)13-11-18)34-29(38)25(14-26(35)36)33-31(39)40-15-24-22-8-4-2-6-20(22)21-7-3-5-9-23(21)24/h2-13,16,24-25H,14-15H2,1H3,(H,33,39)(H,34,38)(H,35,36)/t25-/m0/s1. The second-order valence-electron chi connectivity index (χ2n) is 9.57. The van der Waals surface area contributed by atoms with Crippen LogP contribution in [0.15, 0.2) is 78.2 Å². The number of halogens is 1. The summed E-state index contributed by atoms with van der Waals surface area (Å²) in [6, 6.07) is 20.6. The van der Waals surface area contributed by atoms with E-state index in [4.69, 9.17) is 16.3 Å². The predicted octanol–water partition coefficient (Wildman–Crippen LogP) is 6.26. The number of ether oxygens (including phenoxy) is 1. The number of aliphatic carboxylic acids is 1. The molecule has 1 atom stereocenters. The highest BCUT2D eigenvalue weighted by atomic mass is 35.5. The number of hydrogen-bond donors (Lipinski definition) is 3. The van der Waals surface area contributed by atoms with Gasteiger partial charge in [-0.05, 0) is 64.4 Å². The van der Waals surface area contributed by atoms with Gasteiger partial charge in [0.1, 0.15) is 17.6 Å². The van der Waals surface area contributed by atoms with Gasteiger partial charge in [-0.15, -0.1) is 11.3 Å². The molecule has 208 valence electrons. The first-order chi connectivity index (χ1) is 19.7. The lowest BCUT2D eigenvalue weighted by atomic mass is 9.98. The van der Waals surface area contributed by atoms with Crippen LogP contribution in [0.2, 0.25) is 5.02 Å². The van der Waals surface area contributed by atoms with Crippen molar-refractivity contribution >= 4 is 51.7 Å². The lowest BCUT2D eigenvalue weighted by Gasteiger charge is -2.19. The number of aryl methyl sites for hydroxylation is 1. The molecule has 4 aromatic rings. The predicted molar refractivity (Wildman–Crippen MR) is 157 cm³/mol. The lowest BCUT2D eigenvalue weighted by Crippen LogP contribution is -2.45. The lowest BCUT2D eigenvalue weighted by molar-refractivity contribution is -0.139. The van der Waals surface area contributed by atoms with E-state index in [1.54, 1.807) is 36.6 Å². The number of carboxylic acids is 1. The van der Waals surface area contributed by atoms with Crippen molar-refractivity contribution in [1.82, 2.24) is 5.32 Å². The fourth-order valence-electron chi connectivity index (χ4n) is 4.93. The zero-order chi connectivity index (χ0) is 29.1. The molecule has 3 aromatic carbocycles. The number of rotatable bonds is 9. The van der Waals surface area contributed by atoms with E-state index in [0.717, 1.165) is 33.6 Å². The number of benzene rings is 3. The molecular formula is C31H25ClN2O6S. The first kappa shape index (κ1) is 28.1. The summed E-state index contributed by atoms with van der Waals surface area (Å²) in [7, 11) is 0. The summed E-state index contributed by atoms with van der Waals surface area (Å²) in [5.41, 5.74) is 5.47. The Labute approximate surface area is 244 Å². The molecule has 10 heteroatoms. The third kappa shape index (κ3) is 6.01. The van der Waals surface area contributed by atoms with Crippen molar-refractivity contribution in [2.24, 2.45) is 0 Å². The minimum atomic E-state index is -1.44. The number of nitrogens with one attached hydrogen (secondary N) is 2. The number of thiophene rings is 1. The number of anilines is 1. The van der Waals surface area contributed by atoms with Crippen LogP contribution in [0.5, 0.6) is 0 Å². The SMILES string of the molecule is Cc1csc(NC(=O)[C@H](CC(=O)O)NC(=O)OCC2c3ccccc3-c3ccccc32)c1C(=O)c1ccc(Cl)cc1. The number of fused-ring (bicyclic) bond motifs is 3. The van der Waals surface area contributed by atoms with Crippen LogP contribution in [0.3, 0.4) is 0 Å². The topological polar surface area (TPSA) is 122 Å². The summed E-state index contributed by atoms with van der Waals surface area (Å²) in [6.45, 7) is 1.74. The second kappa shape index (κ2) is 12.0. The second-order valence-corrected chi connectivity index (χ2v) is 10.9. The first-order valence-electron chi connectivity index (χ1n) is 12.8. The Kier molecular flexibility index (Phi) is 8.19. The summed E-state index contributed by atoms with van der Waals surface area (Å²) >= 11 is 7.07. The van der Waals surface area contributed by atoms with Crippen molar-refractivity contribution in [3.05, 3.63) is 111 Å². The molecule has 1 heterocycles. The number of carboxylic acid groups (broad SMARTS) is 1. The van der Waals surface area contributed by atoms with E-state index in [9.17, 15) is 24.3 Å². The quantitative estimate of drug-likeness (QED) is 0.198. The highest BCUT2D eigenvalue weighted by Gasteiger charge is 2.31. The van der Waals surface area contributed by atoms with Crippen LogP contribution >= 0.6 is 22.9 Å². The molecule has 5 rings (SSSR count). The number of amides is 2. The van der Waals surface area contributed by atoms with E-state index in [0.29, 0.717) is 16.1 Å². The molecule has 1 aromatic heterocycles. The van der Waals surface area contributed by atoms with Gasteiger partial charge in [0.25, 0.3) is 0 Å². The van der Waals surface area contributed by atoms with Crippen molar-refractivity contribution < 1.29 is 29.0 Å². The third-order valence-corrected chi connectivity index (χ3v) is 8.14. The molecule has 0 fully saturated rings. The normalized spacial score (nSPS) is 12.6. The molecule has 0 unspecified atom stereocenters. The largest absolute Gasteiger partial charge is 0.481 e. The minimum Gasteiger partial charge on any atom is -0.481 e. The van der Waals surface area contributed by atoms with Crippen LogP contribution in [0.4, 0.5) is 9.80 Å². The number of hydrogen-bond acceptors (Lipinski definition) is 6. The molecule has 0 radical (unpaired) electrons. The van der Waals surface area contributed by atoms with Crippen molar-refractivity contribution in [2.45, 2.75) is 25.3 Å². The van der Waals surface area contributed by atoms with Gasteiger partial charge in [-0.1, -0.05) is 60.1 Å². The smallest absolute Gasteiger partial charge is 0.407 e. The Balaban J connectivity index is 1.28. The van der Waals surface area contributed by atoms with Crippen molar-refractivity contribution in [3.8, 4) is 11.1 Å². The number of alkyl carbamates (subject to hydrolysis) is 1. The van der Waals surface area contributed by atoms with Crippen molar-refractivity contribution in [2.75, 3.05) is 11.9 Å². The zero-order valence-corrected chi connectivity index (χ0v) is 23.4. The number of ketones is 1. The van der Waals surface area contributed by atoms with Crippen LogP contribution < -0.4 is 10.6 Å². The van der Waals surface area contributed by atoms with Crippen LogP contribution in [-0.4, -0.2) is 41.5 Å². The molecule has 0 saturated carbocycles. The van der Waals surface area contributed by atoms with Crippen LogP contribution in [0.25, 0.3) is 11.1 Å². The summed E-state index contributed by atoms with van der Waals surface area (Å²) in [4.78, 5) is 50.7. The Morgan fingerprint density at radius 1 is 0.951 bits per heavy atom. The molecule has 0 spiro atoms. The molecule has 0 saturated heterocycles. The number of carbonyl (C=O) groups is 4. The maximum absolute atomic E-state index is 13.2. The third-order valence-electron chi connectivity index (χ3n) is 6.88. The first-order valence-corrected chi connectivity index (χ1v) is 14.0. The van der Waals surface area contributed by atoms with Gasteiger partial charge in [0.05, 0.1) is 12.0 Å². The van der Waals surface area contributed by atoms with Gasteiger partial charge in [0.2, 0.25) is 5.91 Å².